The van der Waals surface area contributed by atoms with Crippen LogP contribution in [0.2, 0.25) is 4.47 Å². The van der Waals surface area contributed by atoms with E-state index in [2.05, 4.69) is 4.98 Å². The molecule has 26 heavy (non-hydrogen) atoms. The van der Waals surface area contributed by atoms with E-state index in [1.807, 2.05) is 35.2 Å². The molecule has 9 heteroatoms. The van der Waals surface area contributed by atoms with Crippen LogP contribution in [0.15, 0.2) is 48.0 Å². The van der Waals surface area contributed by atoms with Gasteiger partial charge in [-0.15, -0.1) is 11.3 Å². The SMILES string of the molecule is O=[N+]([O-])C1=C2N(Cc3cnc(Cl)s3)CCN2C(O)CC1c1ccccc1. The number of halogens is 1. The molecule has 3 heterocycles. The summed E-state index contributed by atoms with van der Waals surface area (Å²) < 4.78 is 0.449. The third-order valence-corrected chi connectivity index (χ3v) is 5.92. The first kappa shape index (κ1) is 17.3. The number of nitro groups is 1. The molecule has 4 rings (SSSR count). The van der Waals surface area contributed by atoms with Crippen molar-refractivity contribution in [3.8, 4) is 0 Å². The van der Waals surface area contributed by atoms with Crippen LogP contribution in [0.1, 0.15) is 22.8 Å². The molecule has 2 atom stereocenters. The molecule has 1 N–H and O–H groups in total. The molecule has 0 radical (unpaired) electrons. The van der Waals surface area contributed by atoms with E-state index in [4.69, 9.17) is 11.6 Å². The minimum absolute atomic E-state index is 0.148. The normalized spacial score (nSPS) is 22.7. The Bertz CT molecular complexity index is 857. The first-order valence-corrected chi connectivity index (χ1v) is 9.47. The molecule has 2 unspecified atom stereocenters. The van der Waals surface area contributed by atoms with E-state index in [1.54, 1.807) is 11.1 Å². The zero-order valence-corrected chi connectivity index (χ0v) is 15.4. The van der Waals surface area contributed by atoms with Gasteiger partial charge in [0.1, 0.15) is 6.23 Å². The molecule has 0 spiro atoms. The summed E-state index contributed by atoms with van der Waals surface area (Å²) in [7, 11) is 0. The highest BCUT2D eigenvalue weighted by molar-refractivity contribution is 7.15. The molecule has 1 fully saturated rings. The van der Waals surface area contributed by atoms with Crippen LogP contribution >= 0.6 is 22.9 Å². The smallest absolute Gasteiger partial charge is 0.293 e. The number of aromatic nitrogens is 1. The number of benzene rings is 1. The number of rotatable bonds is 4. The number of aliphatic hydroxyl groups is 1. The number of allylic oxidation sites excluding steroid dienone is 1. The molecule has 0 aliphatic carbocycles. The number of hydrogen-bond donors (Lipinski definition) is 1. The summed E-state index contributed by atoms with van der Waals surface area (Å²) in [5.74, 6) is 0.0604. The summed E-state index contributed by atoms with van der Waals surface area (Å²) in [6, 6.07) is 9.35. The quantitative estimate of drug-likeness (QED) is 0.636. The van der Waals surface area contributed by atoms with Crippen LogP contribution in [0.3, 0.4) is 0 Å². The van der Waals surface area contributed by atoms with Crippen molar-refractivity contribution >= 4 is 22.9 Å². The highest BCUT2D eigenvalue weighted by atomic mass is 35.5. The maximum atomic E-state index is 12.0. The summed E-state index contributed by atoms with van der Waals surface area (Å²) in [6.45, 7) is 1.66. The predicted molar refractivity (Wildman–Crippen MR) is 98.1 cm³/mol. The highest BCUT2D eigenvalue weighted by Gasteiger charge is 2.46. The van der Waals surface area contributed by atoms with Crippen LogP contribution in [-0.4, -0.2) is 44.1 Å². The van der Waals surface area contributed by atoms with Gasteiger partial charge in [0.05, 0.1) is 17.4 Å². The van der Waals surface area contributed by atoms with Gasteiger partial charge in [-0.1, -0.05) is 41.9 Å². The fraction of sp³-hybridized carbons (Fsp3) is 0.353. The van der Waals surface area contributed by atoms with Gasteiger partial charge in [0, 0.05) is 30.6 Å². The van der Waals surface area contributed by atoms with Crippen molar-refractivity contribution in [1.29, 1.82) is 0 Å². The van der Waals surface area contributed by atoms with E-state index < -0.39 is 12.1 Å². The van der Waals surface area contributed by atoms with Crippen molar-refractivity contribution in [2.24, 2.45) is 0 Å². The first-order chi connectivity index (χ1) is 12.5. The molecule has 0 bridgehead atoms. The molecule has 1 aromatic heterocycles. The molecular weight excluding hydrogens is 376 g/mol. The van der Waals surface area contributed by atoms with Crippen LogP contribution in [0.25, 0.3) is 0 Å². The van der Waals surface area contributed by atoms with Crippen molar-refractivity contribution in [3.63, 3.8) is 0 Å². The minimum Gasteiger partial charge on any atom is -0.374 e. The number of hydrogen-bond acceptors (Lipinski definition) is 7. The second kappa shape index (κ2) is 6.86. The Morgan fingerprint density at radius 2 is 2.12 bits per heavy atom. The van der Waals surface area contributed by atoms with Gasteiger partial charge in [-0.25, -0.2) is 4.98 Å². The van der Waals surface area contributed by atoms with Crippen molar-refractivity contribution in [2.45, 2.75) is 25.1 Å². The lowest BCUT2D eigenvalue weighted by atomic mass is 9.89. The fourth-order valence-corrected chi connectivity index (χ4v) is 4.71. The van der Waals surface area contributed by atoms with Crippen LogP contribution < -0.4 is 0 Å². The number of aliphatic hydroxyl groups excluding tert-OH is 1. The second-order valence-electron chi connectivity index (χ2n) is 6.34. The minimum atomic E-state index is -0.742. The number of fused-ring (bicyclic) bond motifs is 1. The van der Waals surface area contributed by atoms with Gasteiger partial charge in [0.15, 0.2) is 10.3 Å². The Balaban J connectivity index is 1.76. The lowest BCUT2D eigenvalue weighted by Crippen LogP contribution is -2.41. The van der Waals surface area contributed by atoms with Gasteiger partial charge in [0.2, 0.25) is 0 Å². The zero-order valence-electron chi connectivity index (χ0n) is 13.8. The Kier molecular flexibility index (Phi) is 4.56. The topological polar surface area (TPSA) is 82.7 Å². The van der Waals surface area contributed by atoms with Crippen LogP contribution in [-0.2, 0) is 6.54 Å². The van der Waals surface area contributed by atoms with Gasteiger partial charge >= 0.3 is 0 Å². The molecular formula is C17H17ClN4O3S. The monoisotopic (exact) mass is 392 g/mol. The average molecular weight is 393 g/mol. The lowest BCUT2D eigenvalue weighted by molar-refractivity contribution is -0.436. The van der Waals surface area contributed by atoms with E-state index in [0.29, 0.717) is 36.3 Å². The van der Waals surface area contributed by atoms with E-state index in [0.717, 1.165) is 10.4 Å². The van der Waals surface area contributed by atoms with Crippen molar-refractivity contribution in [2.75, 3.05) is 13.1 Å². The zero-order chi connectivity index (χ0) is 18.3. The molecule has 0 amide bonds. The van der Waals surface area contributed by atoms with Crippen LogP contribution in [0.5, 0.6) is 0 Å². The molecule has 136 valence electrons. The Morgan fingerprint density at radius 3 is 2.77 bits per heavy atom. The van der Waals surface area contributed by atoms with Crippen molar-refractivity contribution in [1.82, 2.24) is 14.8 Å². The van der Waals surface area contributed by atoms with Crippen LogP contribution in [0.4, 0.5) is 0 Å². The lowest BCUT2D eigenvalue weighted by Gasteiger charge is -2.35. The van der Waals surface area contributed by atoms with Gasteiger partial charge in [-0.2, -0.15) is 0 Å². The molecule has 2 aromatic rings. The van der Waals surface area contributed by atoms with Gasteiger partial charge < -0.3 is 14.9 Å². The third kappa shape index (κ3) is 3.04. The molecule has 2 aliphatic heterocycles. The van der Waals surface area contributed by atoms with E-state index in [1.165, 1.54) is 11.3 Å². The largest absolute Gasteiger partial charge is 0.374 e. The van der Waals surface area contributed by atoms with Crippen molar-refractivity contribution in [3.05, 3.63) is 73.1 Å². The summed E-state index contributed by atoms with van der Waals surface area (Å²) in [4.78, 5) is 20.3. The molecule has 7 nitrogen and oxygen atoms in total. The van der Waals surface area contributed by atoms with E-state index in [-0.39, 0.29) is 10.6 Å². The standard InChI is InChI=1S/C17H17ClN4O3S/c18-17-19-9-12(26-17)10-20-6-7-21-14(23)8-13(11-4-2-1-3-5-11)15(16(20)21)22(24)25/h1-5,9,13-14,23H,6-8,10H2. The highest BCUT2D eigenvalue weighted by Crippen LogP contribution is 2.42. The molecule has 2 aliphatic rings. The number of thiazole rings is 1. The van der Waals surface area contributed by atoms with Gasteiger partial charge in [-0.3, -0.25) is 10.1 Å². The molecule has 0 saturated carbocycles. The Hall–Kier alpha value is -2.16. The maximum Gasteiger partial charge on any atom is 0.293 e. The van der Waals surface area contributed by atoms with Gasteiger partial charge in [0.25, 0.3) is 5.70 Å². The Morgan fingerprint density at radius 1 is 1.35 bits per heavy atom. The number of nitrogens with zero attached hydrogens (tertiary/aromatic N) is 4. The van der Waals surface area contributed by atoms with E-state index in [9.17, 15) is 15.2 Å². The summed E-state index contributed by atoms with van der Waals surface area (Å²) in [6.07, 6.45) is 1.26. The summed E-state index contributed by atoms with van der Waals surface area (Å²) >= 11 is 7.27. The molecule has 1 saturated heterocycles. The predicted octanol–water partition coefficient (Wildman–Crippen LogP) is 2.87. The summed E-state index contributed by atoms with van der Waals surface area (Å²) in [5, 5.41) is 22.6. The van der Waals surface area contributed by atoms with Crippen LogP contribution in [0, 0.1) is 10.1 Å². The van der Waals surface area contributed by atoms with Crippen molar-refractivity contribution < 1.29 is 10.0 Å². The van der Waals surface area contributed by atoms with Gasteiger partial charge in [-0.05, 0) is 5.56 Å². The van der Waals surface area contributed by atoms with E-state index >= 15 is 0 Å². The molecule has 1 aromatic carbocycles. The maximum absolute atomic E-state index is 12.0. The summed E-state index contributed by atoms with van der Waals surface area (Å²) in [5.41, 5.74) is 0.993. The average Bonchev–Trinajstić information content (AvgIpc) is 3.22. The Labute approximate surface area is 159 Å². The second-order valence-corrected chi connectivity index (χ2v) is 8.04. The first-order valence-electron chi connectivity index (χ1n) is 8.28. The third-order valence-electron chi connectivity index (χ3n) is 4.82. The fourth-order valence-electron chi connectivity index (χ4n) is 3.71.